The maximum Gasteiger partial charge on any atom is 0.0446 e. The van der Waals surface area contributed by atoms with Crippen molar-refractivity contribution in [1.82, 2.24) is 0 Å². The fourth-order valence-electron chi connectivity index (χ4n) is 1.63. The van der Waals surface area contributed by atoms with Gasteiger partial charge in [-0.25, -0.2) is 0 Å². The van der Waals surface area contributed by atoms with Gasteiger partial charge >= 0.3 is 0 Å². The van der Waals surface area contributed by atoms with Crippen molar-refractivity contribution in [3.8, 4) is 12.3 Å². The van der Waals surface area contributed by atoms with E-state index in [0.717, 1.165) is 6.42 Å². The van der Waals surface area contributed by atoms with Crippen LogP contribution in [0.5, 0.6) is 0 Å². The minimum Gasteiger partial charge on any atom is -0.120 e. The minimum absolute atomic E-state index is 0.0192. The zero-order valence-corrected chi connectivity index (χ0v) is 10.9. The van der Waals surface area contributed by atoms with Crippen LogP contribution in [0.25, 0.3) is 0 Å². The van der Waals surface area contributed by atoms with Crippen LogP contribution in [0.2, 0.25) is 18.6 Å². The van der Waals surface area contributed by atoms with E-state index in [9.17, 15) is 0 Å². The molecule has 0 amide bonds. The molecule has 0 rings (SSSR count). The second-order valence-electron chi connectivity index (χ2n) is 4.18. The van der Waals surface area contributed by atoms with Crippen molar-refractivity contribution >= 4 is 8.80 Å². The minimum atomic E-state index is -0.0192. The Balaban J connectivity index is 3.12. The van der Waals surface area contributed by atoms with Gasteiger partial charge in [0.15, 0.2) is 0 Å². The van der Waals surface area contributed by atoms with E-state index in [-0.39, 0.29) is 8.80 Å². The van der Waals surface area contributed by atoms with Gasteiger partial charge in [-0.2, -0.15) is 0 Å². The molecule has 0 heterocycles. The highest BCUT2D eigenvalue weighted by Crippen LogP contribution is 2.12. The summed E-state index contributed by atoms with van der Waals surface area (Å²) in [5.41, 5.74) is 0. The molecule has 0 bridgehead atoms. The molecule has 0 N–H and O–H groups in total. The second-order valence-corrected chi connectivity index (χ2v) is 7.09. The Morgan fingerprint density at radius 2 is 1.64 bits per heavy atom. The van der Waals surface area contributed by atoms with E-state index >= 15 is 0 Å². The van der Waals surface area contributed by atoms with Crippen molar-refractivity contribution in [2.24, 2.45) is 0 Å². The van der Waals surface area contributed by atoms with Crippen molar-refractivity contribution < 1.29 is 0 Å². The van der Waals surface area contributed by atoms with E-state index in [1.165, 1.54) is 50.6 Å². The van der Waals surface area contributed by atoms with Crippen LogP contribution >= 0.6 is 0 Å². The highest BCUT2D eigenvalue weighted by atomic mass is 28.3. The predicted octanol–water partition coefficient (Wildman–Crippen LogP) is 4.49. The Bertz CT molecular complexity index is 146. The average molecular weight is 209 g/mol. The van der Waals surface area contributed by atoms with Gasteiger partial charge in [0.1, 0.15) is 0 Å². The van der Waals surface area contributed by atoms with Crippen LogP contribution in [0, 0.1) is 12.3 Å². The van der Waals surface area contributed by atoms with Gasteiger partial charge in [0, 0.05) is 15.2 Å². The van der Waals surface area contributed by atoms with Crippen LogP contribution in [0.15, 0.2) is 0 Å². The first-order valence-electron chi connectivity index (χ1n) is 6.06. The van der Waals surface area contributed by atoms with Gasteiger partial charge in [0.2, 0.25) is 0 Å². The molecule has 0 saturated heterocycles. The Morgan fingerprint density at radius 3 is 2.21 bits per heavy atom. The summed E-state index contributed by atoms with van der Waals surface area (Å²) >= 11 is 0. The lowest BCUT2D eigenvalue weighted by molar-refractivity contribution is 0.696. The van der Waals surface area contributed by atoms with Gasteiger partial charge in [-0.05, 0) is 6.42 Å². The lowest BCUT2D eigenvalue weighted by Crippen LogP contribution is -2.05. The molecule has 0 fully saturated rings. The van der Waals surface area contributed by atoms with Gasteiger partial charge in [0.05, 0.1) is 0 Å². The van der Waals surface area contributed by atoms with E-state index in [0.29, 0.717) is 0 Å². The van der Waals surface area contributed by atoms with Gasteiger partial charge in [-0.15, -0.1) is 12.3 Å². The first-order valence-corrected chi connectivity index (χ1v) is 8.47. The molecule has 0 aliphatic heterocycles. The Labute approximate surface area is 92.1 Å². The quantitative estimate of drug-likeness (QED) is 0.298. The van der Waals surface area contributed by atoms with Crippen LogP contribution in [0.3, 0.4) is 0 Å². The zero-order valence-electron chi connectivity index (χ0n) is 9.94. The highest BCUT2D eigenvalue weighted by Gasteiger charge is 2.02. The maximum absolute atomic E-state index is 5.22. The third-order valence-electron chi connectivity index (χ3n) is 2.63. The predicted molar refractivity (Wildman–Crippen MR) is 68.1 cm³/mol. The van der Waals surface area contributed by atoms with Crippen molar-refractivity contribution in [1.29, 1.82) is 0 Å². The molecular formula is C13H25Si. The van der Waals surface area contributed by atoms with E-state index in [1.54, 1.807) is 0 Å². The second kappa shape index (κ2) is 10.9. The van der Waals surface area contributed by atoms with Crippen LogP contribution < -0.4 is 0 Å². The molecule has 81 valence electrons. The van der Waals surface area contributed by atoms with Crippen molar-refractivity contribution in [3.63, 3.8) is 0 Å². The summed E-state index contributed by atoms with van der Waals surface area (Å²) in [6, 6.07) is 2.99. The summed E-state index contributed by atoms with van der Waals surface area (Å²) in [6.45, 7) is 4.75. The van der Waals surface area contributed by atoms with Gasteiger partial charge < -0.3 is 0 Å². The molecule has 0 spiro atoms. The SMILES string of the molecule is C#CCCCC[Si](C)CCCCCC. The van der Waals surface area contributed by atoms with Crippen LogP contribution in [-0.4, -0.2) is 8.80 Å². The molecule has 0 aromatic rings. The number of hydrogen-bond acceptors (Lipinski definition) is 0. The molecule has 0 atom stereocenters. The molecule has 1 radical (unpaired) electrons. The van der Waals surface area contributed by atoms with E-state index in [2.05, 4.69) is 19.4 Å². The van der Waals surface area contributed by atoms with Crippen molar-refractivity contribution in [3.05, 3.63) is 0 Å². The van der Waals surface area contributed by atoms with Gasteiger partial charge in [0.25, 0.3) is 0 Å². The third-order valence-corrected chi connectivity index (χ3v) is 5.05. The smallest absolute Gasteiger partial charge is 0.0446 e. The zero-order chi connectivity index (χ0) is 10.6. The molecule has 14 heavy (non-hydrogen) atoms. The summed E-state index contributed by atoms with van der Waals surface area (Å²) in [4.78, 5) is 0. The number of rotatable bonds is 9. The Kier molecular flexibility index (Phi) is 10.7. The third kappa shape index (κ3) is 9.86. The molecule has 0 saturated carbocycles. The highest BCUT2D eigenvalue weighted by molar-refractivity contribution is 6.57. The van der Waals surface area contributed by atoms with Gasteiger partial charge in [-0.1, -0.05) is 57.7 Å². The topological polar surface area (TPSA) is 0 Å². The Hall–Kier alpha value is -0.223. The summed E-state index contributed by atoms with van der Waals surface area (Å²) in [6.07, 6.45) is 14.5. The lowest BCUT2D eigenvalue weighted by Gasteiger charge is -2.08. The lowest BCUT2D eigenvalue weighted by atomic mass is 10.2. The molecule has 0 nitrogen and oxygen atoms in total. The Morgan fingerprint density at radius 1 is 1.00 bits per heavy atom. The molecule has 1 heteroatoms. The molecule has 0 aromatic carbocycles. The average Bonchev–Trinajstić information content (AvgIpc) is 2.19. The fraction of sp³-hybridized carbons (Fsp3) is 0.846. The summed E-state index contributed by atoms with van der Waals surface area (Å²) < 4.78 is 0. The molecule has 0 aliphatic rings. The molecule has 0 unspecified atom stereocenters. The summed E-state index contributed by atoms with van der Waals surface area (Å²) in [5.74, 6) is 2.71. The fourth-order valence-corrected chi connectivity index (χ4v) is 3.59. The van der Waals surface area contributed by atoms with Crippen molar-refractivity contribution in [2.45, 2.75) is 70.5 Å². The van der Waals surface area contributed by atoms with Gasteiger partial charge in [-0.3, -0.25) is 0 Å². The molecule has 0 aliphatic carbocycles. The van der Waals surface area contributed by atoms with E-state index in [1.807, 2.05) is 0 Å². The number of hydrogen-bond donors (Lipinski definition) is 0. The molecular weight excluding hydrogens is 184 g/mol. The van der Waals surface area contributed by atoms with E-state index < -0.39 is 0 Å². The standard InChI is InChI=1S/C13H25Si/c1-4-6-8-10-12-14(3)13-11-9-7-5-2/h1H,5-13H2,2-3H3. The van der Waals surface area contributed by atoms with Crippen LogP contribution in [-0.2, 0) is 0 Å². The van der Waals surface area contributed by atoms with Crippen LogP contribution in [0.4, 0.5) is 0 Å². The largest absolute Gasteiger partial charge is 0.120 e. The molecule has 0 aromatic heterocycles. The first-order chi connectivity index (χ1) is 6.81. The normalized spacial score (nSPS) is 10.4. The summed E-state index contributed by atoms with van der Waals surface area (Å²) in [7, 11) is -0.0192. The summed E-state index contributed by atoms with van der Waals surface area (Å²) in [5, 5.41) is 0. The number of terminal acetylenes is 1. The first kappa shape index (κ1) is 13.8. The number of unbranched alkanes of at least 4 members (excludes halogenated alkanes) is 5. The monoisotopic (exact) mass is 209 g/mol. The van der Waals surface area contributed by atoms with Crippen molar-refractivity contribution in [2.75, 3.05) is 0 Å². The van der Waals surface area contributed by atoms with E-state index in [4.69, 9.17) is 6.42 Å². The van der Waals surface area contributed by atoms with Crippen LogP contribution in [0.1, 0.15) is 51.9 Å². The maximum atomic E-state index is 5.22.